The van der Waals surface area contributed by atoms with Crippen LogP contribution in [0.5, 0.6) is 17.2 Å². The third-order valence-electron chi connectivity index (χ3n) is 6.54. The van der Waals surface area contributed by atoms with E-state index < -0.39 is 5.63 Å². The highest BCUT2D eigenvalue weighted by Crippen LogP contribution is 2.33. The molecule has 7 heteroatoms. The molecule has 2 heterocycles. The smallest absolute Gasteiger partial charge is 0.339 e. The van der Waals surface area contributed by atoms with Crippen LogP contribution in [0.4, 0.5) is 0 Å². The van der Waals surface area contributed by atoms with Crippen LogP contribution < -0.4 is 19.8 Å². The van der Waals surface area contributed by atoms with E-state index in [1.54, 1.807) is 50.9 Å². The summed E-state index contributed by atoms with van der Waals surface area (Å²) in [7, 11) is 3.18. The molecule has 7 nitrogen and oxygen atoms in total. The van der Waals surface area contributed by atoms with Crippen LogP contribution in [0, 0.1) is 6.92 Å². The monoisotopic (exact) mass is 521 g/mol. The Morgan fingerprint density at radius 1 is 0.923 bits per heavy atom. The second kappa shape index (κ2) is 11.2. The van der Waals surface area contributed by atoms with Crippen molar-refractivity contribution in [3.05, 3.63) is 118 Å². The van der Waals surface area contributed by atoms with Crippen LogP contribution in [-0.2, 0) is 13.0 Å². The Morgan fingerprint density at radius 2 is 1.77 bits per heavy atom. The van der Waals surface area contributed by atoms with E-state index >= 15 is 0 Å². The molecule has 5 aromatic rings. The van der Waals surface area contributed by atoms with Crippen LogP contribution in [0.2, 0.25) is 0 Å². The maximum atomic E-state index is 13.3. The molecule has 0 radical (unpaired) electrons. The molecule has 0 bridgehead atoms. The first-order chi connectivity index (χ1) is 19.0. The van der Waals surface area contributed by atoms with Crippen molar-refractivity contribution in [2.75, 3.05) is 14.2 Å². The average molecular weight is 522 g/mol. The number of ether oxygens (including phenoxy) is 3. The molecule has 0 saturated heterocycles. The van der Waals surface area contributed by atoms with Gasteiger partial charge in [-0.05, 0) is 67.1 Å². The number of aromatic nitrogens is 1. The number of carbonyl (C=O) groups excluding carboxylic acids is 1. The molecule has 0 spiro atoms. The van der Waals surface area contributed by atoms with Gasteiger partial charge in [0.05, 0.1) is 14.2 Å². The van der Waals surface area contributed by atoms with E-state index in [4.69, 9.17) is 18.6 Å². The van der Waals surface area contributed by atoms with Gasteiger partial charge in [0.1, 0.15) is 29.4 Å². The third kappa shape index (κ3) is 5.52. The molecule has 39 heavy (non-hydrogen) atoms. The van der Waals surface area contributed by atoms with Gasteiger partial charge in [-0.2, -0.15) is 0 Å². The van der Waals surface area contributed by atoms with Gasteiger partial charge >= 0.3 is 5.63 Å². The zero-order valence-corrected chi connectivity index (χ0v) is 21.9. The lowest BCUT2D eigenvalue weighted by Gasteiger charge is -2.12. The van der Waals surface area contributed by atoms with Crippen LogP contribution in [-0.4, -0.2) is 25.0 Å². The molecule has 0 aliphatic heterocycles. The highest BCUT2D eigenvalue weighted by atomic mass is 16.5. The summed E-state index contributed by atoms with van der Waals surface area (Å²) < 4.78 is 22.5. The number of Topliss-reactive ketones (excluding diaryl/α,β-unsaturated/α-hetero) is 1. The number of methoxy groups -OCH3 is 2. The zero-order chi connectivity index (χ0) is 27.4. The maximum absolute atomic E-state index is 13.3. The molecule has 2 aromatic heterocycles. The highest BCUT2D eigenvalue weighted by molar-refractivity contribution is 5.99. The minimum atomic E-state index is -0.551. The Morgan fingerprint density at radius 3 is 2.54 bits per heavy atom. The quantitative estimate of drug-likeness (QED) is 0.169. The molecule has 0 N–H and O–H groups in total. The van der Waals surface area contributed by atoms with Crippen molar-refractivity contribution in [1.82, 2.24) is 4.98 Å². The lowest BCUT2D eigenvalue weighted by atomic mass is 9.97. The Hall–Kier alpha value is -4.91. The first kappa shape index (κ1) is 25.7. The average Bonchev–Trinajstić information content (AvgIpc) is 2.98. The van der Waals surface area contributed by atoms with Gasteiger partial charge in [0.25, 0.3) is 0 Å². The molecule has 0 atom stereocenters. The maximum Gasteiger partial charge on any atom is 0.339 e. The van der Waals surface area contributed by atoms with Gasteiger partial charge < -0.3 is 18.6 Å². The van der Waals surface area contributed by atoms with E-state index in [-0.39, 0.29) is 17.8 Å². The topological polar surface area (TPSA) is 87.9 Å². The lowest BCUT2D eigenvalue weighted by Crippen LogP contribution is -2.13. The van der Waals surface area contributed by atoms with Gasteiger partial charge in [-0.3, -0.25) is 9.78 Å². The molecule has 0 unspecified atom stereocenters. The Kier molecular flexibility index (Phi) is 7.41. The van der Waals surface area contributed by atoms with Crippen molar-refractivity contribution in [2.45, 2.75) is 20.0 Å². The lowest BCUT2D eigenvalue weighted by molar-refractivity contribution is 0.0992. The third-order valence-corrected chi connectivity index (χ3v) is 6.54. The molecule has 5 rings (SSSR count). The van der Waals surface area contributed by atoms with Crippen molar-refractivity contribution >= 4 is 16.8 Å². The summed E-state index contributed by atoms with van der Waals surface area (Å²) in [6.07, 6.45) is 3.35. The van der Waals surface area contributed by atoms with Crippen molar-refractivity contribution in [2.24, 2.45) is 0 Å². The number of carbonyl (C=O) groups is 1. The predicted molar refractivity (Wildman–Crippen MR) is 149 cm³/mol. The minimum absolute atomic E-state index is 0.0968. The van der Waals surface area contributed by atoms with Crippen LogP contribution >= 0.6 is 0 Å². The van der Waals surface area contributed by atoms with Crippen molar-refractivity contribution < 1.29 is 23.4 Å². The van der Waals surface area contributed by atoms with Crippen molar-refractivity contribution in [1.29, 1.82) is 0 Å². The number of nitrogens with zero attached hydrogens (tertiary/aromatic N) is 1. The molecule has 0 aliphatic carbocycles. The fourth-order valence-corrected chi connectivity index (χ4v) is 4.45. The fourth-order valence-electron chi connectivity index (χ4n) is 4.45. The second-order valence-electron chi connectivity index (χ2n) is 9.06. The summed E-state index contributed by atoms with van der Waals surface area (Å²) in [5.41, 5.74) is 3.88. The Labute approximate surface area is 225 Å². The number of aryl methyl sites for hydroxylation is 1. The van der Waals surface area contributed by atoms with Crippen LogP contribution in [0.1, 0.15) is 27.0 Å². The van der Waals surface area contributed by atoms with Gasteiger partial charge in [0, 0.05) is 52.0 Å². The van der Waals surface area contributed by atoms with Gasteiger partial charge in [0.15, 0.2) is 5.78 Å². The summed E-state index contributed by atoms with van der Waals surface area (Å²) in [5.74, 6) is 1.73. The van der Waals surface area contributed by atoms with Crippen LogP contribution in [0.25, 0.3) is 22.1 Å². The van der Waals surface area contributed by atoms with E-state index in [0.29, 0.717) is 40.6 Å². The second-order valence-corrected chi connectivity index (χ2v) is 9.06. The van der Waals surface area contributed by atoms with Crippen molar-refractivity contribution in [3.8, 4) is 28.4 Å². The van der Waals surface area contributed by atoms with Gasteiger partial charge in [-0.1, -0.05) is 18.2 Å². The van der Waals surface area contributed by atoms with E-state index in [2.05, 4.69) is 4.98 Å². The van der Waals surface area contributed by atoms with E-state index in [0.717, 1.165) is 22.1 Å². The Balaban J connectivity index is 1.40. The molecule has 196 valence electrons. The summed E-state index contributed by atoms with van der Waals surface area (Å²) in [5, 5.41) is 0.718. The molecule has 3 aromatic carbocycles. The normalized spacial score (nSPS) is 10.8. The minimum Gasteiger partial charge on any atom is -0.497 e. The number of fused-ring (bicyclic) bond motifs is 1. The fraction of sp³-hybridized carbons (Fsp3) is 0.156. The first-order valence-electron chi connectivity index (χ1n) is 12.4. The molecular formula is C32H27NO6. The van der Waals surface area contributed by atoms with Gasteiger partial charge in [-0.15, -0.1) is 0 Å². The predicted octanol–water partition coefficient (Wildman–Crippen LogP) is 6.19. The van der Waals surface area contributed by atoms with Gasteiger partial charge in [-0.25, -0.2) is 4.79 Å². The number of hydrogen-bond acceptors (Lipinski definition) is 7. The zero-order valence-electron chi connectivity index (χ0n) is 21.9. The summed E-state index contributed by atoms with van der Waals surface area (Å²) >= 11 is 0. The standard InChI is InChI=1S/C32H27NO6/c1-20-29(38-19-21-6-5-13-33-18-21)11-10-24-14-25(32(35)39-31(20)24)17-28(34)23-9-12-30(37-3)27(16-23)22-7-4-8-26(15-22)36-2/h4-16,18H,17,19H2,1-3H3. The molecule has 0 aliphatic rings. The largest absolute Gasteiger partial charge is 0.497 e. The Bertz CT molecular complexity index is 1710. The number of hydrogen-bond donors (Lipinski definition) is 0. The van der Waals surface area contributed by atoms with E-state index in [1.165, 1.54) is 0 Å². The van der Waals surface area contributed by atoms with Crippen LogP contribution in [0.3, 0.4) is 0 Å². The summed E-state index contributed by atoms with van der Waals surface area (Å²) in [6.45, 7) is 2.18. The number of benzene rings is 3. The SMILES string of the molecule is COc1cccc(-c2cc(C(=O)Cc3cc4ccc(OCc5cccnc5)c(C)c4oc3=O)ccc2OC)c1. The number of pyridine rings is 1. The number of ketones is 1. The van der Waals surface area contributed by atoms with E-state index in [1.807, 2.05) is 55.5 Å². The molecule has 0 saturated carbocycles. The molecule has 0 fully saturated rings. The first-order valence-corrected chi connectivity index (χ1v) is 12.4. The molecular weight excluding hydrogens is 494 g/mol. The van der Waals surface area contributed by atoms with Gasteiger partial charge in [0.2, 0.25) is 0 Å². The summed E-state index contributed by atoms with van der Waals surface area (Å²) in [6, 6.07) is 21.9. The van der Waals surface area contributed by atoms with E-state index in [9.17, 15) is 9.59 Å². The number of rotatable bonds is 9. The van der Waals surface area contributed by atoms with Crippen LogP contribution in [0.15, 0.2) is 94.4 Å². The summed E-state index contributed by atoms with van der Waals surface area (Å²) in [4.78, 5) is 30.3. The highest BCUT2D eigenvalue weighted by Gasteiger charge is 2.17. The van der Waals surface area contributed by atoms with Crippen molar-refractivity contribution in [3.63, 3.8) is 0 Å². The molecule has 0 amide bonds.